The summed E-state index contributed by atoms with van der Waals surface area (Å²) < 4.78 is 7.06. The van der Waals surface area contributed by atoms with Gasteiger partial charge in [-0.05, 0) is 80.3 Å². The molecule has 0 bridgehead atoms. The topological polar surface area (TPSA) is 50.4 Å². The zero-order valence-electron chi connectivity index (χ0n) is 13.9. The van der Waals surface area contributed by atoms with Crippen molar-refractivity contribution in [2.75, 3.05) is 12.4 Å². The minimum atomic E-state index is -0.254. The first-order chi connectivity index (χ1) is 12.0. The van der Waals surface area contributed by atoms with E-state index in [1.54, 1.807) is 18.4 Å². The highest BCUT2D eigenvalue weighted by atomic mass is 79.9. The quantitative estimate of drug-likeness (QED) is 0.609. The molecule has 1 amide bonds. The molecule has 1 aromatic heterocycles. The van der Waals surface area contributed by atoms with E-state index in [2.05, 4.69) is 49.4 Å². The number of fused-ring (bicyclic) bond motifs is 3. The summed E-state index contributed by atoms with van der Waals surface area (Å²) in [5.41, 5.74) is 3.08. The van der Waals surface area contributed by atoms with Crippen molar-refractivity contribution in [3.05, 3.63) is 42.6 Å². The number of hydrogen-bond acceptors (Lipinski definition) is 4. The van der Waals surface area contributed by atoms with E-state index in [1.807, 2.05) is 12.1 Å². The van der Waals surface area contributed by atoms with Crippen LogP contribution in [0.5, 0.6) is 5.75 Å². The summed E-state index contributed by atoms with van der Waals surface area (Å²) in [7, 11) is 1.63. The van der Waals surface area contributed by atoms with Crippen LogP contribution in [0, 0.1) is 5.92 Å². The van der Waals surface area contributed by atoms with Gasteiger partial charge in [0.1, 0.15) is 16.9 Å². The molecule has 4 nitrogen and oxygen atoms in total. The molecule has 1 aliphatic heterocycles. The zero-order valence-corrected chi connectivity index (χ0v) is 17.9. The van der Waals surface area contributed by atoms with Crippen molar-refractivity contribution in [2.24, 2.45) is 5.92 Å². The Bertz CT molecular complexity index is 842. The van der Waals surface area contributed by atoms with Gasteiger partial charge < -0.3 is 15.4 Å². The van der Waals surface area contributed by atoms with Crippen LogP contribution in [0.25, 0.3) is 0 Å². The van der Waals surface area contributed by atoms with Crippen molar-refractivity contribution >= 4 is 54.1 Å². The summed E-state index contributed by atoms with van der Waals surface area (Å²) in [5.74, 6) is 1.46. The summed E-state index contributed by atoms with van der Waals surface area (Å²) >= 11 is 8.80. The van der Waals surface area contributed by atoms with Gasteiger partial charge >= 0.3 is 0 Å². The Labute approximate surface area is 167 Å². The Hall–Kier alpha value is -1.05. The zero-order chi connectivity index (χ0) is 17.7. The van der Waals surface area contributed by atoms with E-state index in [0.717, 1.165) is 50.1 Å². The van der Waals surface area contributed by atoms with Crippen LogP contribution in [0.15, 0.2) is 21.1 Å². The molecule has 2 aromatic rings. The minimum absolute atomic E-state index is 0.0221. The van der Waals surface area contributed by atoms with Crippen LogP contribution in [-0.2, 0) is 12.8 Å². The molecule has 2 aliphatic rings. The molecular weight excluding hydrogens is 468 g/mol. The maximum absolute atomic E-state index is 12.8. The number of anilines is 1. The lowest BCUT2D eigenvalue weighted by Crippen LogP contribution is -2.38. The Morgan fingerprint density at radius 2 is 1.96 bits per heavy atom. The molecule has 4 rings (SSSR count). The number of thiophene rings is 1. The predicted octanol–water partition coefficient (Wildman–Crippen LogP) is 5.26. The van der Waals surface area contributed by atoms with Gasteiger partial charge in [-0.25, -0.2) is 0 Å². The summed E-state index contributed by atoms with van der Waals surface area (Å²) in [4.78, 5) is 14.1. The molecule has 2 N–H and O–H groups in total. The summed E-state index contributed by atoms with van der Waals surface area (Å²) in [6.07, 6.45) is 2.98. The number of benzene rings is 1. The van der Waals surface area contributed by atoms with Crippen LogP contribution in [0.4, 0.5) is 5.00 Å². The number of carbonyl (C=O) groups is 1. The van der Waals surface area contributed by atoms with Crippen LogP contribution in [0.2, 0.25) is 0 Å². The summed E-state index contributed by atoms with van der Waals surface area (Å²) in [6, 6.07) is 3.95. The standard InChI is InChI=1S/C18H18Br2N2O2S/c1-8-3-4-10-13(5-8)25-18-14(10)17(23)21-16(22-18)9-6-11(19)15(24-2)12(20)7-9/h6-8,16,22H,3-5H2,1-2H3,(H,21,23)/t8-,16+/m1/s1. The maximum atomic E-state index is 12.8. The van der Waals surface area contributed by atoms with Gasteiger partial charge in [0, 0.05) is 4.88 Å². The van der Waals surface area contributed by atoms with E-state index < -0.39 is 0 Å². The fraction of sp³-hybridized carbons (Fsp3) is 0.389. The molecule has 2 atom stereocenters. The Balaban J connectivity index is 1.69. The number of carbonyl (C=O) groups excluding carboxylic acids is 1. The molecule has 1 aliphatic carbocycles. The van der Waals surface area contributed by atoms with Crippen LogP contribution >= 0.6 is 43.2 Å². The lowest BCUT2D eigenvalue weighted by molar-refractivity contribution is 0.0935. The van der Waals surface area contributed by atoms with Crippen molar-refractivity contribution in [2.45, 2.75) is 32.4 Å². The Morgan fingerprint density at radius 1 is 1.24 bits per heavy atom. The van der Waals surface area contributed by atoms with E-state index in [-0.39, 0.29) is 12.1 Å². The third-order valence-electron chi connectivity index (χ3n) is 4.85. The highest BCUT2D eigenvalue weighted by Crippen LogP contribution is 2.43. The average molecular weight is 486 g/mol. The molecule has 25 heavy (non-hydrogen) atoms. The lowest BCUT2D eigenvalue weighted by Gasteiger charge is -2.27. The number of methoxy groups -OCH3 is 1. The highest BCUT2D eigenvalue weighted by molar-refractivity contribution is 9.11. The van der Waals surface area contributed by atoms with Crippen molar-refractivity contribution in [1.82, 2.24) is 5.32 Å². The molecular formula is C18H18Br2N2O2S. The highest BCUT2D eigenvalue weighted by Gasteiger charge is 2.33. The molecule has 0 spiro atoms. The van der Waals surface area contributed by atoms with Gasteiger partial charge in [-0.3, -0.25) is 4.79 Å². The molecule has 1 aromatic carbocycles. The third-order valence-corrected chi connectivity index (χ3v) is 7.21. The molecule has 2 heterocycles. The van der Waals surface area contributed by atoms with Crippen LogP contribution in [0.1, 0.15) is 45.9 Å². The van der Waals surface area contributed by atoms with Crippen molar-refractivity contribution in [3.8, 4) is 5.75 Å². The van der Waals surface area contributed by atoms with Gasteiger partial charge in [0.15, 0.2) is 0 Å². The van der Waals surface area contributed by atoms with Crippen molar-refractivity contribution in [1.29, 1.82) is 0 Å². The van der Waals surface area contributed by atoms with Crippen molar-refractivity contribution < 1.29 is 9.53 Å². The van der Waals surface area contributed by atoms with Gasteiger partial charge in [0.25, 0.3) is 5.91 Å². The predicted molar refractivity (Wildman–Crippen MR) is 108 cm³/mol. The molecule has 0 saturated heterocycles. The minimum Gasteiger partial charge on any atom is -0.494 e. The van der Waals surface area contributed by atoms with Gasteiger partial charge in [-0.2, -0.15) is 0 Å². The summed E-state index contributed by atoms with van der Waals surface area (Å²) in [5, 5.41) is 7.61. The second-order valence-electron chi connectivity index (χ2n) is 6.62. The maximum Gasteiger partial charge on any atom is 0.256 e. The smallest absolute Gasteiger partial charge is 0.256 e. The molecule has 0 radical (unpaired) electrons. The Morgan fingerprint density at radius 3 is 2.64 bits per heavy atom. The normalized spacial score (nSPS) is 21.8. The number of ether oxygens (including phenoxy) is 1. The van der Waals surface area contributed by atoms with Crippen molar-refractivity contribution in [3.63, 3.8) is 0 Å². The second kappa shape index (κ2) is 6.59. The molecule has 0 unspecified atom stereocenters. The first kappa shape index (κ1) is 17.4. The van der Waals surface area contributed by atoms with E-state index >= 15 is 0 Å². The van der Waals surface area contributed by atoms with Gasteiger partial charge in [-0.15, -0.1) is 11.3 Å². The summed E-state index contributed by atoms with van der Waals surface area (Å²) in [6.45, 7) is 2.28. The third kappa shape index (κ3) is 3.00. The first-order valence-corrected chi connectivity index (χ1v) is 10.6. The number of amides is 1. The van der Waals surface area contributed by atoms with Gasteiger partial charge in [0.2, 0.25) is 0 Å². The van der Waals surface area contributed by atoms with E-state index in [1.165, 1.54) is 10.4 Å². The number of hydrogen-bond donors (Lipinski definition) is 2. The lowest BCUT2D eigenvalue weighted by atomic mass is 9.88. The molecule has 0 fully saturated rings. The van der Waals surface area contributed by atoms with E-state index in [9.17, 15) is 4.79 Å². The number of rotatable bonds is 2. The monoisotopic (exact) mass is 484 g/mol. The van der Waals surface area contributed by atoms with E-state index in [0.29, 0.717) is 5.92 Å². The SMILES string of the molecule is COc1c(Br)cc([C@H]2NC(=O)c3c(sc4c3CC[C@@H](C)C4)N2)cc1Br. The molecule has 7 heteroatoms. The van der Waals surface area contributed by atoms with Crippen LogP contribution < -0.4 is 15.4 Å². The Kier molecular flexibility index (Phi) is 4.58. The largest absolute Gasteiger partial charge is 0.494 e. The fourth-order valence-electron chi connectivity index (χ4n) is 3.57. The van der Waals surface area contributed by atoms with Gasteiger partial charge in [-0.1, -0.05) is 6.92 Å². The average Bonchev–Trinajstić information content (AvgIpc) is 2.92. The first-order valence-electron chi connectivity index (χ1n) is 8.22. The molecule has 132 valence electrons. The van der Waals surface area contributed by atoms with E-state index in [4.69, 9.17) is 4.74 Å². The second-order valence-corrected chi connectivity index (χ2v) is 9.44. The number of nitrogens with one attached hydrogen (secondary N) is 2. The molecule has 0 saturated carbocycles. The van der Waals surface area contributed by atoms with Crippen LogP contribution in [-0.4, -0.2) is 13.0 Å². The van der Waals surface area contributed by atoms with Gasteiger partial charge in [0.05, 0.1) is 21.6 Å². The van der Waals surface area contributed by atoms with Crippen LogP contribution in [0.3, 0.4) is 0 Å². The fourth-order valence-corrected chi connectivity index (χ4v) is 6.55. The number of halogens is 2.